The summed E-state index contributed by atoms with van der Waals surface area (Å²) < 4.78 is 5.18. The van der Waals surface area contributed by atoms with E-state index < -0.39 is 0 Å². The maximum absolute atomic E-state index is 5.51. The summed E-state index contributed by atoms with van der Waals surface area (Å²) >= 11 is 11.0. The second kappa shape index (κ2) is 10.6. The van der Waals surface area contributed by atoms with Crippen LogP contribution in [0.5, 0.6) is 0 Å². The van der Waals surface area contributed by atoms with Gasteiger partial charge in [0.15, 0.2) is 9.54 Å². The summed E-state index contributed by atoms with van der Waals surface area (Å²) in [6, 6.07) is 30.6. The van der Waals surface area contributed by atoms with Gasteiger partial charge >= 0.3 is 0 Å². The number of hydrogen-bond acceptors (Lipinski definition) is 5. The monoisotopic (exact) mass is 499 g/mol. The molecule has 0 aliphatic heterocycles. The van der Waals surface area contributed by atoms with Gasteiger partial charge in [0.1, 0.15) is 11.6 Å². The van der Waals surface area contributed by atoms with Crippen molar-refractivity contribution >= 4 is 30.1 Å². The topological polar surface area (TPSA) is 70.5 Å². The zero-order valence-corrected chi connectivity index (χ0v) is 20.7. The van der Waals surface area contributed by atoms with Crippen LogP contribution in [0.4, 0.5) is 5.69 Å². The Bertz CT molecular complexity index is 1390. The van der Waals surface area contributed by atoms with Gasteiger partial charge < -0.3 is 4.90 Å². The van der Waals surface area contributed by atoms with Crippen molar-refractivity contribution in [1.29, 1.82) is 0 Å². The van der Waals surface area contributed by atoms with E-state index in [2.05, 4.69) is 49.6 Å². The maximum Gasteiger partial charge on any atom is 0.199 e. The van der Waals surface area contributed by atoms with Gasteiger partial charge in [0, 0.05) is 43.0 Å². The Labute approximate surface area is 213 Å². The van der Waals surface area contributed by atoms with E-state index in [9.17, 15) is 0 Å². The fourth-order valence-corrected chi connectivity index (χ4v) is 4.67. The van der Waals surface area contributed by atoms with Crippen LogP contribution in [-0.2, 0) is 12.8 Å². The Morgan fingerprint density at radius 1 is 0.600 bits per heavy atom. The third-order valence-corrected chi connectivity index (χ3v) is 6.39. The minimum atomic E-state index is 0.593. The predicted molar refractivity (Wildman–Crippen MR) is 144 cm³/mol. The summed E-state index contributed by atoms with van der Waals surface area (Å²) in [4.78, 5) is 2.35. The number of para-hydroxylation sites is 3. The van der Waals surface area contributed by atoms with E-state index in [1.807, 2.05) is 75.9 Å². The van der Waals surface area contributed by atoms with Crippen molar-refractivity contribution in [2.75, 3.05) is 18.0 Å². The molecule has 5 aromatic rings. The first-order valence-corrected chi connectivity index (χ1v) is 12.3. The number of aromatic amines is 2. The number of H-pyrrole nitrogens is 2. The van der Waals surface area contributed by atoms with E-state index in [-0.39, 0.29) is 0 Å². The van der Waals surface area contributed by atoms with Crippen molar-refractivity contribution in [2.24, 2.45) is 0 Å². The Balaban J connectivity index is 1.38. The average Bonchev–Trinajstić information content (AvgIpc) is 3.47. The number of nitrogens with zero attached hydrogens (tertiary/aromatic N) is 5. The first-order chi connectivity index (χ1) is 17.2. The molecule has 176 valence electrons. The smallest absolute Gasteiger partial charge is 0.199 e. The first-order valence-electron chi connectivity index (χ1n) is 11.4. The molecule has 3 aromatic carbocycles. The molecule has 0 bridgehead atoms. The van der Waals surface area contributed by atoms with E-state index in [1.165, 1.54) is 0 Å². The molecule has 7 nitrogen and oxygen atoms in total. The van der Waals surface area contributed by atoms with Crippen LogP contribution in [0, 0.1) is 9.54 Å². The number of rotatable bonds is 9. The first kappa shape index (κ1) is 22.9. The van der Waals surface area contributed by atoms with Crippen molar-refractivity contribution in [3.05, 3.63) is 112 Å². The van der Waals surface area contributed by atoms with Crippen LogP contribution in [0.1, 0.15) is 11.6 Å². The fraction of sp³-hybridized carbons (Fsp3) is 0.154. The van der Waals surface area contributed by atoms with Crippen LogP contribution in [0.15, 0.2) is 91.0 Å². The lowest BCUT2D eigenvalue weighted by Crippen LogP contribution is -2.29. The molecule has 0 fully saturated rings. The molecule has 0 radical (unpaired) electrons. The Kier molecular flexibility index (Phi) is 6.97. The summed E-state index contributed by atoms with van der Waals surface area (Å²) in [5.41, 5.74) is 3.16. The zero-order chi connectivity index (χ0) is 24.0. The summed E-state index contributed by atoms with van der Waals surface area (Å²) in [6.07, 6.45) is 1.45. The van der Waals surface area contributed by atoms with Crippen LogP contribution < -0.4 is 4.90 Å². The summed E-state index contributed by atoms with van der Waals surface area (Å²) in [5.74, 6) is 1.79. The van der Waals surface area contributed by atoms with Crippen molar-refractivity contribution in [1.82, 2.24) is 29.5 Å². The van der Waals surface area contributed by atoms with Crippen LogP contribution in [-0.4, -0.2) is 42.6 Å². The van der Waals surface area contributed by atoms with Crippen molar-refractivity contribution in [2.45, 2.75) is 12.8 Å². The molecule has 2 N–H and O–H groups in total. The largest absolute Gasteiger partial charge is 0.371 e. The van der Waals surface area contributed by atoms with Crippen molar-refractivity contribution in [3.63, 3.8) is 0 Å². The van der Waals surface area contributed by atoms with Gasteiger partial charge in [-0.25, -0.2) is 0 Å². The molecular weight excluding hydrogens is 474 g/mol. The van der Waals surface area contributed by atoms with E-state index in [1.54, 1.807) is 0 Å². The normalized spacial score (nSPS) is 11.0. The highest BCUT2D eigenvalue weighted by Gasteiger charge is 2.14. The lowest BCUT2D eigenvalue weighted by molar-refractivity contribution is 0.712. The molecule has 5 rings (SSSR count). The Morgan fingerprint density at radius 2 is 1.00 bits per heavy atom. The van der Waals surface area contributed by atoms with Crippen molar-refractivity contribution < 1.29 is 0 Å². The van der Waals surface area contributed by atoms with Crippen molar-refractivity contribution in [3.8, 4) is 11.4 Å². The molecule has 0 saturated carbocycles. The molecule has 0 aliphatic carbocycles. The van der Waals surface area contributed by atoms with Crippen LogP contribution in [0.25, 0.3) is 11.4 Å². The van der Waals surface area contributed by atoms with Gasteiger partial charge in [-0.1, -0.05) is 54.6 Å². The molecule has 0 saturated heterocycles. The molecule has 0 unspecified atom stereocenters. The lowest BCUT2D eigenvalue weighted by Gasteiger charge is -2.25. The van der Waals surface area contributed by atoms with E-state index in [4.69, 9.17) is 24.4 Å². The molecule has 0 amide bonds. The van der Waals surface area contributed by atoms with E-state index >= 15 is 0 Å². The highest BCUT2D eigenvalue weighted by atomic mass is 32.1. The Morgan fingerprint density at radius 3 is 1.43 bits per heavy atom. The third-order valence-electron chi connectivity index (χ3n) is 5.84. The number of benzene rings is 3. The number of anilines is 1. The number of aromatic nitrogens is 6. The molecule has 2 aromatic heterocycles. The lowest BCUT2D eigenvalue weighted by atomic mass is 10.2. The molecule has 35 heavy (non-hydrogen) atoms. The second-order valence-electron chi connectivity index (χ2n) is 8.05. The maximum atomic E-state index is 5.51. The minimum absolute atomic E-state index is 0.593. The van der Waals surface area contributed by atoms with Gasteiger partial charge in [0.25, 0.3) is 0 Å². The predicted octanol–water partition coefficient (Wildman–Crippen LogP) is 5.46. The Hall–Kier alpha value is -3.82. The molecule has 0 aliphatic rings. The second-order valence-corrected chi connectivity index (χ2v) is 8.83. The summed E-state index contributed by atoms with van der Waals surface area (Å²) in [6.45, 7) is 1.54. The van der Waals surface area contributed by atoms with E-state index in [0.717, 1.165) is 54.6 Å². The van der Waals surface area contributed by atoms with Gasteiger partial charge in [-0.15, -0.1) is 0 Å². The third kappa shape index (κ3) is 5.16. The molecule has 9 heteroatoms. The molecule has 2 heterocycles. The highest BCUT2D eigenvalue weighted by Crippen LogP contribution is 2.18. The molecule has 0 atom stereocenters. The standard InChI is InChI=1S/C26H25N7S2/c34-25-29-27-23(32(25)21-12-6-2-7-13-21)16-18-31(20-10-4-1-5-11-20)19-17-24-28-30-26(35)33(24)22-14-8-3-9-15-22/h1-15H,16-19H2,(H,29,34)(H,30,35). The van der Waals surface area contributed by atoms with Gasteiger partial charge in [-0.05, 0) is 60.8 Å². The quantitative estimate of drug-likeness (QED) is 0.263. The van der Waals surface area contributed by atoms with Crippen LogP contribution in [0.2, 0.25) is 0 Å². The summed E-state index contributed by atoms with van der Waals surface area (Å²) in [5, 5.41) is 14.9. The number of hydrogen-bond donors (Lipinski definition) is 2. The van der Waals surface area contributed by atoms with Gasteiger partial charge in [-0.3, -0.25) is 19.3 Å². The zero-order valence-electron chi connectivity index (χ0n) is 19.0. The molecular formula is C26H25N7S2. The van der Waals surface area contributed by atoms with Crippen LogP contribution in [0.3, 0.4) is 0 Å². The minimum Gasteiger partial charge on any atom is -0.371 e. The molecule has 0 spiro atoms. The van der Waals surface area contributed by atoms with Gasteiger partial charge in [0.05, 0.1) is 0 Å². The van der Waals surface area contributed by atoms with Gasteiger partial charge in [0.2, 0.25) is 0 Å². The van der Waals surface area contributed by atoms with Crippen LogP contribution >= 0.6 is 24.4 Å². The number of nitrogens with one attached hydrogen (secondary N) is 2. The fourth-order valence-electron chi connectivity index (χ4n) is 4.16. The SMILES string of the molecule is S=c1[nH]nc(CCN(CCc2n[nH]c(=S)n2-c2ccccc2)c2ccccc2)n1-c1ccccc1. The van der Waals surface area contributed by atoms with E-state index in [0.29, 0.717) is 9.54 Å². The average molecular weight is 500 g/mol. The van der Waals surface area contributed by atoms with Gasteiger partial charge in [-0.2, -0.15) is 10.2 Å². The summed E-state index contributed by atoms with van der Waals surface area (Å²) in [7, 11) is 0. The highest BCUT2D eigenvalue weighted by molar-refractivity contribution is 7.71.